The number of nitrogens with one attached hydrogen (secondary N) is 1. The lowest BCUT2D eigenvalue weighted by Crippen LogP contribution is -2.31. The van der Waals surface area contributed by atoms with Gasteiger partial charge in [0.15, 0.2) is 0 Å². The lowest BCUT2D eigenvalue weighted by molar-refractivity contribution is -0.114. The van der Waals surface area contributed by atoms with Gasteiger partial charge in [0.05, 0.1) is 6.04 Å². The van der Waals surface area contributed by atoms with E-state index in [1.165, 1.54) is 6.07 Å². The van der Waals surface area contributed by atoms with Gasteiger partial charge in [0.2, 0.25) is 0 Å². The largest absolute Gasteiger partial charge is 0.351 e. The molecule has 3 aromatic rings. The molecule has 1 heterocycles. The zero-order valence-corrected chi connectivity index (χ0v) is 14.0. The second-order valence-corrected chi connectivity index (χ2v) is 6.05. The highest BCUT2D eigenvalue weighted by Crippen LogP contribution is 2.36. The summed E-state index contributed by atoms with van der Waals surface area (Å²) in [6, 6.07) is 24.8. The summed E-state index contributed by atoms with van der Waals surface area (Å²) in [4.78, 5) is 14.7. The second kappa shape index (κ2) is 6.84. The molecule has 1 N–H and O–H groups in total. The van der Waals surface area contributed by atoms with Gasteiger partial charge in [0.25, 0.3) is 5.91 Å². The SMILES string of the molecule is O=C1C(Nc2ccccc2)=C[C@H](c2ccccc2F)N1c1ccccc1. The van der Waals surface area contributed by atoms with Crippen LogP contribution < -0.4 is 10.2 Å². The lowest BCUT2D eigenvalue weighted by Gasteiger charge is -2.25. The molecule has 4 rings (SSSR count). The van der Waals surface area contributed by atoms with Crippen LogP contribution in [0.5, 0.6) is 0 Å². The summed E-state index contributed by atoms with van der Waals surface area (Å²) in [5.74, 6) is -0.517. The number of hydrogen-bond acceptors (Lipinski definition) is 2. The lowest BCUT2D eigenvalue weighted by atomic mass is 10.1. The summed E-state index contributed by atoms with van der Waals surface area (Å²) < 4.78 is 14.4. The number of para-hydroxylation sites is 2. The molecule has 1 aliphatic rings. The van der Waals surface area contributed by atoms with Crippen molar-refractivity contribution in [2.45, 2.75) is 6.04 Å². The molecule has 128 valence electrons. The van der Waals surface area contributed by atoms with Crippen LogP contribution in [-0.4, -0.2) is 5.91 Å². The maximum absolute atomic E-state index is 14.4. The number of carbonyl (C=O) groups is 1. The first-order chi connectivity index (χ1) is 12.7. The van der Waals surface area contributed by atoms with E-state index in [1.807, 2.05) is 60.7 Å². The van der Waals surface area contributed by atoms with Crippen LogP contribution in [0.1, 0.15) is 11.6 Å². The van der Waals surface area contributed by atoms with Gasteiger partial charge in [-0.05, 0) is 36.4 Å². The van der Waals surface area contributed by atoms with Crippen molar-refractivity contribution < 1.29 is 9.18 Å². The van der Waals surface area contributed by atoms with Crippen LogP contribution in [0, 0.1) is 5.82 Å². The van der Waals surface area contributed by atoms with Crippen LogP contribution in [0.4, 0.5) is 15.8 Å². The molecule has 0 fully saturated rings. The van der Waals surface area contributed by atoms with Gasteiger partial charge >= 0.3 is 0 Å². The van der Waals surface area contributed by atoms with Gasteiger partial charge in [-0.3, -0.25) is 9.69 Å². The minimum absolute atomic E-state index is 0.187. The quantitative estimate of drug-likeness (QED) is 0.729. The fraction of sp³-hybridized carbons (Fsp3) is 0.0455. The molecular weight excluding hydrogens is 327 g/mol. The molecule has 1 amide bonds. The Balaban J connectivity index is 1.76. The predicted molar refractivity (Wildman–Crippen MR) is 101 cm³/mol. The summed E-state index contributed by atoms with van der Waals surface area (Å²) in [7, 11) is 0. The summed E-state index contributed by atoms with van der Waals surface area (Å²) in [5.41, 5.74) is 2.45. The highest BCUT2D eigenvalue weighted by Gasteiger charge is 2.35. The standard InChI is InChI=1S/C22H17FN2O/c23-19-14-8-7-13-18(19)21-15-20(24-16-9-3-1-4-10-16)22(26)25(21)17-11-5-2-6-12-17/h1-15,21,24H/t21-/m1/s1. The molecule has 0 radical (unpaired) electrons. The molecule has 0 saturated heterocycles. The van der Waals surface area contributed by atoms with Crippen molar-refractivity contribution >= 4 is 17.3 Å². The van der Waals surface area contributed by atoms with E-state index in [2.05, 4.69) is 5.32 Å². The summed E-state index contributed by atoms with van der Waals surface area (Å²) in [6.07, 6.45) is 1.78. The Bertz CT molecular complexity index is 954. The number of nitrogens with zero attached hydrogens (tertiary/aromatic N) is 1. The molecule has 26 heavy (non-hydrogen) atoms. The van der Waals surface area contributed by atoms with Crippen LogP contribution in [-0.2, 0) is 4.79 Å². The maximum Gasteiger partial charge on any atom is 0.275 e. The molecule has 1 aliphatic heterocycles. The molecule has 3 nitrogen and oxygen atoms in total. The van der Waals surface area contributed by atoms with Crippen LogP contribution in [0.25, 0.3) is 0 Å². The molecule has 0 aliphatic carbocycles. The van der Waals surface area contributed by atoms with Crippen LogP contribution in [0.2, 0.25) is 0 Å². The topological polar surface area (TPSA) is 32.3 Å². The zero-order valence-electron chi connectivity index (χ0n) is 14.0. The minimum Gasteiger partial charge on any atom is -0.351 e. The number of anilines is 2. The van der Waals surface area contributed by atoms with Crippen molar-refractivity contribution in [3.8, 4) is 0 Å². The number of amides is 1. The molecule has 1 atom stereocenters. The molecular formula is C22H17FN2O. The average Bonchev–Trinajstić information content (AvgIpc) is 3.00. The third-order valence-corrected chi connectivity index (χ3v) is 4.36. The van der Waals surface area contributed by atoms with E-state index in [4.69, 9.17) is 0 Å². The third-order valence-electron chi connectivity index (χ3n) is 4.36. The first kappa shape index (κ1) is 16.1. The fourth-order valence-corrected chi connectivity index (χ4v) is 3.14. The monoisotopic (exact) mass is 344 g/mol. The molecule has 3 aromatic carbocycles. The minimum atomic E-state index is -0.502. The van der Waals surface area contributed by atoms with Gasteiger partial charge in [-0.15, -0.1) is 0 Å². The van der Waals surface area contributed by atoms with Crippen LogP contribution in [0.3, 0.4) is 0 Å². The Morgan fingerprint density at radius 3 is 2.12 bits per heavy atom. The van der Waals surface area contributed by atoms with Crippen molar-refractivity contribution in [1.29, 1.82) is 0 Å². The van der Waals surface area contributed by atoms with Gasteiger partial charge in [-0.1, -0.05) is 54.6 Å². The van der Waals surface area contributed by atoms with E-state index >= 15 is 0 Å². The van der Waals surface area contributed by atoms with Crippen molar-refractivity contribution in [2.24, 2.45) is 0 Å². The van der Waals surface area contributed by atoms with E-state index in [1.54, 1.807) is 29.2 Å². The first-order valence-electron chi connectivity index (χ1n) is 8.41. The Labute approximate surface area is 151 Å². The molecule has 0 saturated carbocycles. The average molecular weight is 344 g/mol. The highest BCUT2D eigenvalue weighted by molar-refractivity contribution is 6.11. The van der Waals surface area contributed by atoms with Crippen molar-refractivity contribution in [3.05, 3.63) is 108 Å². The van der Waals surface area contributed by atoms with E-state index in [0.717, 1.165) is 11.4 Å². The Hall–Kier alpha value is -3.40. The first-order valence-corrected chi connectivity index (χ1v) is 8.41. The van der Waals surface area contributed by atoms with Crippen molar-refractivity contribution in [1.82, 2.24) is 0 Å². The maximum atomic E-state index is 14.4. The van der Waals surface area contributed by atoms with Gasteiger partial charge in [-0.25, -0.2) is 4.39 Å². The third kappa shape index (κ3) is 2.97. The Kier molecular flexibility index (Phi) is 4.23. The molecule has 0 spiro atoms. The predicted octanol–water partition coefficient (Wildman–Crippen LogP) is 4.91. The van der Waals surface area contributed by atoms with E-state index in [0.29, 0.717) is 11.3 Å². The molecule has 0 unspecified atom stereocenters. The second-order valence-electron chi connectivity index (χ2n) is 6.05. The summed E-state index contributed by atoms with van der Waals surface area (Å²) in [5, 5.41) is 3.16. The Morgan fingerprint density at radius 1 is 0.808 bits per heavy atom. The summed E-state index contributed by atoms with van der Waals surface area (Å²) >= 11 is 0. The summed E-state index contributed by atoms with van der Waals surface area (Å²) in [6.45, 7) is 0. The van der Waals surface area contributed by atoms with E-state index < -0.39 is 6.04 Å². The normalized spacial score (nSPS) is 16.5. The number of carbonyl (C=O) groups excluding carboxylic acids is 1. The molecule has 0 aromatic heterocycles. The van der Waals surface area contributed by atoms with Gasteiger partial charge in [0.1, 0.15) is 11.5 Å². The highest BCUT2D eigenvalue weighted by atomic mass is 19.1. The smallest absolute Gasteiger partial charge is 0.275 e. The van der Waals surface area contributed by atoms with Crippen LogP contribution >= 0.6 is 0 Å². The Morgan fingerprint density at radius 2 is 1.42 bits per heavy atom. The van der Waals surface area contributed by atoms with Gasteiger partial charge < -0.3 is 5.32 Å². The van der Waals surface area contributed by atoms with E-state index in [-0.39, 0.29) is 11.7 Å². The number of rotatable bonds is 4. The van der Waals surface area contributed by atoms with Gasteiger partial charge in [-0.2, -0.15) is 0 Å². The number of hydrogen-bond donors (Lipinski definition) is 1. The van der Waals surface area contributed by atoms with E-state index in [9.17, 15) is 9.18 Å². The zero-order chi connectivity index (χ0) is 17.9. The van der Waals surface area contributed by atoms with Gasteiger partial charge in [0, 0.05) is 16.9 Å². The molecule has 0 bridgehead atoms. The van der Waals surface area contributed by atoms with Crippen LogP contribution in [0.15, 0.2) is 96.7 Å². The fourth-order valence-electron chi connectivity index (χ4n) is 3.14. The number of benzene rings is 3. The molecule has 4 heteroatoms. The number of halogens is 1. The van der Waals surface area contributed by atoms with Crippen molar-refractivity contribution in [3.63, 3.8) is 0 Å². The van der Waals surface area contributed by atoms with Crippen molar-refractivity contribution in [2.75, 3.05) is 10.2 Å².